The van der Waals surface area contributed by atoms with Crippen LogP contribution in [0.5, 0.6) is 5.75 Å². The Labute approximate surface area is 108 Å². The topological polar surface area (TPSA) is 30.5 Å². The molecule has 0 aliphatic carbocycles. The van der Waals surface area contributed by atoms with Gasteiger partial charge in [0.15, 0.2) is 0 Å². The van der Waals surface area contributed by atoms with E-state index >= 15 is 0 Å². The van der Waals surface area contributed by atoms with Crippen molar-refractivity contribution in [2.24, 2.45) is 0 Å². The highest BCUT2D eigenvalue weighted by Gasteiger charge is 2.19. The molecule has 1 saturated heterocycles. The largest absolute Gasteiger partial charge is 0.490 e. The lowest BCUT2D eigenvalue weighted by atomic mass is 10.1. The number of benzene rings is 1. The lowest BCUT2D eigenvalue weighted by Crippen LogP contribution is -2.25. The first-order valence-corrected chi connectivity index (χ1v) is 6.92. The van der Waals surface area contributed by atoms with E-state index in [4.69, 9.17) is 9.47 Å². The van der Waals surface area contributed by atoms with Crippen LogP contribution in [-0.2, 0) is 17.7 Å². The minimum atomic E-state index is 0.329. The highest BCUT2D eigenvalue weighted by atomic mass is 16.5. The van der Waals surface area contributed by atoms with Gasteiger partial charge in [-0.2, -0.15) is 0 Å². The minimum Gasteiger partial charge on any atom is -0.490 e. The summed E-state index contributed by atoms with van der Waals surface area (Å²) in [7, 11) is 0. The Morgan fingerprint density at radius 3 is 3.17 bits per heavy atom. The second kappa shape index (κ2) is 5.29. The van der Waals surface area contributed by atoms with Gasteiger partial charge in [0.05, 0.1) is 6.10 Å². The zero-order chi connectivity index (χ0) is 12.4. The summed E-state index contributed by atoms with van der Waals surface area (Å²) in [5.74, 6) is 1.06. The molecule has 1 N–H and O–H groups in total. The molecule has 2 aliphatic rings. The molecule has 2 atom stereocenters. The molecule has 0 spiro atoms. The number of nitrogens with one attached hydrogen (secondary N) is 1. The fourth-order valence-corrected chi connectivity index (χ4v) is 2.77. The van der Waals surface area contributed by atoms with Crippen LogP contribution in [0, 0.1) is 0 Å². The standard InChI is InChI=1S/C15H21NO2/c1-11-7-13-8-12(4-5-15(13)18-11)9-16-10-14-3-2-6-17-14/h4-5,8,11,14,16H,2-3,6-7,9-10H2,1H3/t11-,14-/m0/s1. The van der Waals surface area contributed by atoms with Crippen molar-refractivity contribution in [1.82, 2.24) is 5.32 Å². The Morgan fingerprint density at radius 1 is 1.39 bits per heavy atom. The van der Waals surface area contributed by atoms with E-state index in [1.807, 2.05) is 0 Å². The van der Waals surface area contributed by atoms with Crippen LogP contribution in [0.25, 0.3) is 0 Å². The van der Waals surface area contributed by atoms with Crippen molar-refractivity contribution in [2.45, 2.75) is 44.9 Å². The van der Waals surface area contributed by atoms with Crippen molar-refractivity contribution in [1.29, 1.82) is 0 Å². The Kier molecular flexibility index (Phi) is 3.52. The van der Waals surface area contributed by atoms with Crippen LogP contribution >= 0.6 is 0 Å². The van der Waals surface area contributed by atoms with Crippen molar-refractivity contribution in [2.75, 3.05) is 13.2 Å². The third kappa shape index (κ3) is 2.68. The van der Waals surface area contributed by atoms with Crippen LogP contribution in [-0.4, -0.2) is 25.4 Å². The molecule has 2 heterocycles. The van der Waals surface area contributed by atoms with E-state index in [9.17, 15) is 0 Å². The van der Waals surface area contributed by atoms with Gasteiger partial charge in [-0.3, -0.25) is 0 Å². The summed E-state index contributed by atoms with van der Waals surface area (Å²) in [6, 6.07) is 6.52. The fraction of sp³-hybridized carbons (Fsp3) is 0.600. The highest BCUT2D eigenvalue weighted by Crippen LogP contribution is 2.29. The Morgan fingerprint density at radius 2 is 2.33 bits per heavy atom. The zero-order valence-electron chi connectivity index (χ0n) is 10.9. The number of hydrogen-bond acceptors (Lipinski definition) is 3. The predicted octanol–water partition coefficient (Wildman–Crippen LogP) is 2.28. The molecule has 2 aliphatic heterocycles. The summed E-state index contributed by atoms with van der Waals surface area (Å²) in [4.78, 5) is 0. The number of ether oxygens (including phenoxy) is 2. The van der Waals surface area contributed by atoms with Gasteiger partial charge in [-0.25, -0.2) is 0 Å². The monoisotopic (exact) mass is 247 g/mol. The Balaban J connectivity index is 1.52. The molecule has 0 unspecified atom stereocenters. The van der Waals surface area contributed by atoms with Crippen molar-refractivity contribution in [3.8, 4) is 5.75 Å². The summed E-state index contributed by atoms with van der Waals surface area (Å²) >= 11 is 0. The van der Waals surface area contributed by atoms with Crippen molar-refractivity contribution < 1.29 is 9.47 Å². The van der Waals surface area contributed by atoms with Crippen molar-refractivity contribution in [3.05, 3.63) is 29.3 Å². The molecule has 3 nitrogen and oxygen atoms in total. The van der Waals surface area contributed by atoms with E-state index in [0.717, 1.165) is 31.9 Å². The van der Waals surface area contributed by atoms with Crippen LogP contribution in [0.1, 0.15) is 30.9 Å². The van der Waals surface area contributed by atoms with Crippen molar-refractivity contribution in [3.63, 3.8) is 0 Å². The quantitative estimate of drug-likeness (QED) is 0.885. The van der Waals surface area contributed by atoms with Gasteiger partial charge < -0.3 is 14.8 Å². The molecule has 3 rings (SSSR count). The molecule has 0 amide bonds. The van der Waals surface area contributed by atoms with Gasteiger partial charge in [-0.05, 0) is 37.0 Å². The Bertz CT molecular complexity index is 413. The van der Waals surface area contributed by atoms with Crippen LogP contribution in [0.3, 0.4) is 0 Å². The summed E-state index contributed by atoms with van der Waals surface area (Å²) in [5.41, 5.74) is 2.68. The molecule has 3 heteroatoms. The maximum absolute atomic E-state index is 5.71. The molecule has 0 radical (unpaired) electrons. The summed E-state index contributed by atoms with van der Waals surface area (Å²) in [6.07, 6.45) is 4.19. The van der Waals surface area contributed by atoms with Gasteiger partial charge in [-0.15, -0.1) is 0 Å². The lowest BCUT2D eigenvalue weighted by molar-refractivity contribution is 0.110. The average molecular weight is 247 g/mol. The fourth-order valence-electron chi connectivity index (χ4n) is 2.77. The van der Waals surface area contributed by atoms with Gasteiger partial charge in [-0.1, -0.05) is 12.1 Å². The molecule has 0 saturated carbocycles. The molecular weight excluding hydrogens is 226 g/mol. The normalized spacial score (nSPS) is 26.1. The molecular formula is C15H21NO2. The van der Waals surface area contributed by atoms with Gasteiger partial charge in [0.1, 0.15) is 11.9 Å². The summed E-state index contributed by atoms with van der Waals surface area (Å²) in [5, 5.41) is 3.48. The molecule has 18 heavy (non-hydrogen) atoms. The molecule has 0 bridgehead atoms. The molecule has 1 aromatic carbocycles. The second-order valence-electron chi connectivity index (χ2n) is 5.34. The Hall–Kier alpha value is -1.06. The summed E-state index contributed by atoms with van der Waals surface area (Å²) < 4.78 is 11.3. The first kappa shape index (κ1) is 12.0. The van der Waals surface area contributed by atoms with E-state index in [2.05, 4.69) is 30.4 Å². The van der Waals surface area contributed by atoms with Crippen molar-refractivity contribution >= 4 is 0 Å². The average Bonchev–Trinajstić information content (AvgIpc) is 2.96. The number of hydrogen-bond donors (Lipinski definition) is 1. The van der Waals surface area contributed by atoms with Crippen LogP contribution in [0.4, 0.5) is 0 Å². The van der Waals surface area contributed by atoms with E-state index in [1.165, 1.54) is 24.0 Å². The summed E-state index contributed by atoms with van der Waals surface area (Å²) in [6.45, 7) is 4.93. The highest BCUT2D eigenvalue weighted by molar-refractivity contribution is 5.40. The maximum Gasteiger partial charge on any atom is 0.123 e. The number of fused-ring (bicyclic) bond motifs is 1. The van der Waals surface area contributed by atoms with Crippen LogP contribution in [0.2, 0.25) is 0 Å². The SMILES string of the molecule is C[C@H]1Cc2cc(CNC[C@@H]3CCCO3)ccc2O1. The van der Waals surface area contributed by atoms with Gasteiger partial charge in [0.25, 0.3) is 0 Å². The van der Waals surface area contributed by atoms with E-state index in [1.54, 1.807) is 0 Å². The van der Waals surface area contributed by atoms with Crippen LogP contribution in [0.15, 0.2) is 18.2 Å². The van der Waals surface area contributed by atoms with Gasteiger partial charge in [0, 0.05) is 26.1 Å². The molecule has 1 aromatic rings. The van der Waals surface area contributed by atoms with Gasteiger partial charge >= 0.3 is 0 Å². The van der Waals surface area contributed by atoms with Crippen LogP contribution < -0.4 is 10.1 Å². The van der Waals surface area contributed by atoms with Gasteiger partial charge in [0.2, 0.25) is 0 Å². The first-order chi connectivity index (χ1) is 8.81. The second-order valence-corrected chi connectivity index (χ2v) is 5.34. The zero-order valence-corrected chi connectivity index (χ0v) is 10.9. The predicted molar refractivity (Wildman–Crippen MR) is 70.9 cm³/mol. The van der Waals surface area contributed by atoms with E-state index < -0.39 is 0 Å². The number of rotatable bonds is 4. The molecule has 98 valence electrons. The lowest BCUT2D eigenvalue weighted by Gasteiger charge is -2.11. The maximum atomic E-state index is 5.71. The van der Waals surface area contributed by atoms with E-state index in [0.29, 0.717) is 12.2 Å². The minimum absolute atomic E-state index is 0.329. The molecule has 0 aromatic heterocycles. The third-order valence-corrected chi connectivity index (χ3v) is 3.69. The smallest absolute Gasteiger partial charge is 0.123 e. The molecule has 1 fully saturated rings. The van der Waals surface area contributed by atoms with E-state index in [-0.39, 0.29) is 0 Å². The first-order valence-electron chi connectivity index (χ1n) is 6.92. The third-order valence-electron chi connectivity index (χ3n) is 3.69.